The monoisotopic (exact) mass is 259 g/mol. The van der Waals surface area contributed by atoms with E-state index in [9.17, 15) is 0 Å². The van der Waals surface area contributed by atoms with Crippen LogP contribution in [-0.4, -0.2) is 12.4 Å². The molecule has 0 spiro atoms. The third-order valence-corrected chi connectivity index (χ3v) is 3.48. The highest BCUT2D eigenvalue weighted by Crippen LogP contribution is 2.14. The summed E-state index contributed by atoms with van der Waals surface area (Å²) in [6.07, 6.45) is 2.34. The van der Waals surface area contributed by atoms with Crippen LogP contribution in [0.4, 0.5) is 0 Å². The van der Waals surface area contributed by atoms with Crippen molar-refractivity contribution in [3.05, 3.63) is 34.9 Å². The number of hydrogen-bond acceptors (Lipinski definition) is 1. The molecule has 0 saturated heterocycles. The molecule has 0 aliphatic carbocycles. The first-order chi connectivity index (χ1) is 7.74. The van der Waals surface area contributed by atoms with Crippen LogP contribution in [0.2, 0.25) is 5.02 Å². The standard InChI is InChI=1S/C13H19Cl2N/c1-11(9-14)5-4-8-16-10-12-6-2-3-7-13(12)15/h2-3,6-7,11,16H,4-5,8-10H2,1H3. The van der Waals surface area contributed by atoms with E-state index < -0.39 is 0 Å². The topological polar surface area (TPSA) is 12.0 Å². The van der Waals surface area contributed by atoms with Crippen LogP contribution in [0.15, 0.2) is 24.3 Å². The molecule has 1 nitrogen and oxygen atoms in total. The number of nitrogens with one attached hydrogen (secondary N) is 1. The van der Waals surface area contributed by atoms with Crippen LogP contribution in [0.5, 0.6) is 0 Å². The van der Waals surface area contributed by atoms with Crippen molar-refractivity contribution in [3.63, 3.8) is 0 Å². The van der Waals surface area contributed by atoms with Gasteiger partial charge in [0.2, 0.25) is 0 Å². The molecule has 0 heterocycles. The Balaban J connectivity index is 2.14. The minimum absolute atomic E-state index is 0.615. The summed E-state index contributed by atoms with van der Waals surface area (Å²) in [4.78, 5) is 0. The van der Waals surface area contributed by atoms with Gasteiger partial charge in [-0.1, -0.05) is 36.7 Å². The van der Waals surface area contributed by atoms with Crippen LogP contribution in [0.3, 0.4) is 0 Å². The average Bonchev–Trinajstić information content (AvgIpc) is 2.30. The molecule has 90 valence electrons. The Morgan fingerprint density at radius 2 is 2.06 bits per heavy atom. The third-order valence-electron chi connectivity index (χ3n) is 2.59. The second kappa shape index (κ2) is 7.94. The molecule has 1 N–H and O–H groups in total. The van der Waals surface area contributed by atoms with Crippen molar-refractivity contribution in [2.75, 3.05) is 12.4 Å². The smallest absolute Gasteiger partial charge is 0.0450 e. The summed E-state index contributed by atoms with van der Waals surface area (Å²) in [6.45, 7) is 4.04. The van der Waals surface area contributed by atoms with Crippen LogP contribution in [-0.2, 0) is 6.54 Å². The fourth-order valence-electron chi connectivity index (χ4n) is 1.52. The lowest BCUT2D eigenvalue weighted by atomic mass is 10.1. The van der Waals surface area contributed by atoms with Gasteiger partial charge in [0, 0.05) is 17.4 Å². The van der Waals surface area contributed by atoms with Crippen LogP contribution in [0.1, 0.15) is 25.3 Å². The van der Waals surface area contributed by atoms with E-state index >= 15 is 0 Å². The Morgan fingerprint density at radius 3 is 2.75 bits per heavy atom. The average molecular weight is 260 g/mol. The van der Waals surface area contributed by atoms with Gasteiger partial charge in [-0.05, 0) is 36.9 Å². The molecule has 0 aliphatic heterocycles. The zero-order valence-corrected chi connectivity index (χ0v) is 11.2. The summed E-state index contributed by atoms with van der Waals surface area (Å²) in [5.41, 5.74) is 1.16. The van der Waals surface area contributed by atoms with Crippen molar-refractivity contribution in [1.82, 2.24) is 5.32 Å². The van der Waals surface area contributed by atoms with E-state index in [0.29, 0.717) is 5.92 Å². The van der Waals surface area contributed by atoms with Crippen LogP contribution >= 0.6 is 23.2 Å². The number of halogens is 2. The van der Waals surface area contributed by atoms with Gasteiger partial charge in [-0.15, -0.1) is 11.6 Å². The van der Waals surface area contributed by atoms with E-state index in [-0.39, 0.29) is 0 Å². The molecule has 16 heavy (non-hydrogen) atoms. The summed E-state index contributed by atoms with van der Waals surface area (Å²) >= 11 is 11.8. The van der Waals surface area contributed by atoms with E-state index in [1.807, 2.05) is 18.2 Å². The third kappa shape index (κ3) is 5.20. The molecule has 0 aliphatic rings. The molecule has 0 radical (unpaired) electrons. The van der Waals surface area contributed by atoms with Crippen molar-refractivity contribution in [3.8, 4) is 0 Å². The summed E-state index contributed by atoms with van der Waals surface area (Å²) < 4.78 is 0. The first kappa shape index (κ1) is 13.8. The van der Waals surface area contributed by atoms with E-state index in [2.05, 4.69) is 18.3 Å². The zero-order chi connectivity index (χ0) is 11.8. The van der Waals surface area contributed by atoms with Gasteiger partial charge < -0.3 is 5.32 Å². The molecule has 1 aromatic rings. The van der Waals surface area contributed by atoms with Crippen molar-refractivity contribution in [2.45, 2.75) is 26.3 Å². The second-order valence-electron chi connectivity index (χ2n) is 4.17. The highest BCUT2D eigenvalue weighted by atomic mass is 35.5. The predicted octanol–water partition coefficient (Wildman–Crippen LogP) is 4.08. The van der Waals surface area contributed by atoms with Crippen molar-refractivity contribution in [2.24, 2.45) is 5.92 Å². The molecule has 1 atom stereocenters. The minimum Gasteiger partial charge on any atom is -0.313 e. The molecule has 0 aromatic heterocycles. The van der Waals surface area contributed by atoms with Crippen LogP contribution in [0.25, 0.3) is 0 Å². The molecule has 0 fully saturated rings. The lowest BCUT2D eigenvalue weighted by Crippen LogP contribution is -2.15. The molecule has 1 unspecified atom stereocenters. The van der Waals surface area contributed by atoms with Gasteiger partial charge in [-0.2, -0.15) is 0 Å². The number of alkyl halides is 1. The molecule has 3 heteroatoms. The maximum absolute atomic E-state index is 6.05. The fraction of sp³-hybridized carbons (Fsp3) is 0.538. The fourth-order valence-corrected chi connectivity index (χ4v) is 1.87. The van der Waals surface area contributed by atoms with Crippen molar-refractivity contribution < 1.29 is 0 Å². The van der Waals surface area contributed by atoms with E-state index in [1.165, 1.54) is 12.8 Å². The largest absolute Gasteiger partial charge is 0.313 e. The van der Waals surface area contributed by atoms with E-state index in [0.717, 1.165) is 29.6 Å². The predicted molar refractivity (Wildman–Crippen MR) is 72.3 cm³/mol. The SMILES string of the molecule is CC(CCl)CCCNCc1ccccc1Cl. The second-order valence-corrected chi connectivity index (χ2v) is 4.89. The van der Waals surface area contributed by atoms with E-state index in [1.54, 1.807) is 0 Å². The molecular formula is C13H19Cl2N. The van der Waals surface area contributed by atoms with Gasteiger partial charge in [-0.25, -0.2) is 0 Å². The highest BCUT2D eigenvalue weighted by Gasteiger charge is 2.00. The highest BCUT2D eigenvalue weighted by molar-refractivity contribution is 6.31. The minimum atomic E-state index is 0.615. The number of rotatable bonds is 7. The molecule has 0 amide bonds. The number of hydrogen-bond donors (Lipinski definition) is 1. The first-order valence-corrected chi connectivity index (χ1v) is 6.65. The van der Waals surface area contributed by atoms with E-state index in [4.69, 9.17) is 23.2 Å². The van der Waals surface area contributed by atoms with Crippen molar-refractivity contribution >= 4 is 23.2 Å². The van der Waals surface area contributed by atoms with Gasteiger partial charge in [0.05, 0.1) is 0 Å². The van der Waals surface area contributed by atoms with Gasteiger partial charge in [0.25, 0.3) is 0 Å². The van der Waals surface area contributed by atoms with Crippen LogP contribution in [0, 0.1) is 5.92 Å². The summed E-state index contributed by atoms with van der Waals surface area (Å²) in [5, 5.41) is 4.23. The molecule has 1 aromatic carbocycles. The quantitative estimate of drug-likeness (QED) is 0.575. The Labute approximate surface area is 108 Å². The number of benzene rings is 1. The van der Waals surface area contributed by atoms with Crippen molar-refractivity contribution in [1.29, 1.82) is 0 Å². The van der Waals surface area contributed by atoms with Crippen LogP contribution < -0.4 is 5.32 Å². The maximum Gasteiger partial charge on any atom is 0.0450 e. The Bertz CT molecular complexity index is 302. The summed E-state index contributed by atoms with van der Waals surface area (Å²) in [6, 6.07) is 7.94. The lowest BCUT2D eigenvalue weighted by Gasteiger charge is -2.08. The maximum atomic E-state index is 6.05. The normalized spacial score (nSPS) is 12.7. The van der Waals surface area contributed by atoms with Gasteiger partial charge in [0.15, 0.2) is 0 Å². The molecule has 0 saturated carbocycles. The molecular weight excluding hydrogens is 241 g/mol. The summed E-state index contributed by atoms with van der Waals surface area (Å²) in [5.74, 6) is 1.37. The summed E-state index contributed by atoms with van der Waals surface area (Å²) in [7, 11) is 0. The Morgan fingerprint density at radius 1 is 1.31 bits per heavy atom. The van der Waals surface area contributed by atoms with Gasteiger partial charge in [-0.3, -0.25) is 0 Å². The Kier molecular flexibility index (Phi) is 6.86. The lowest BCUT2D eigenvalue weighted by molar-refractivity contribution is 0.531. The Hall–Kier alpha value is -0.240. The van der Waals surface area contributed by atoms with Gasteiger partial charge >= 0.3 is 0 Å². The first-order valence-electron chi connectivity index (χ1n) is 5.74. The molecule has 0 bridgehead atoms. The van der Waals surface area contributed by atoms with Gasteiger partial charge in [0.1, 0.15) is 0 Å². The zero-order valence-electron chi connectivity index (χ0n) is 9.68. The molecule has 1 rings (SSSR count).